The number of carbonyl (C=O) groups excluding carboxylic acids is 2. The fourth-order valence-electron chi connectivity index (χ4n) is 6.58. The summed E-state index contributed by atoms with van der Waals surface area (Å²) in [6.07, 6.45) is 10.2. The van der Waals surface area contributed by atoms with Crippen LogP contribution < -0.4 is 0 Å². The van der Waals surface area contributed by atoms with Crippen molar-refractivity contribution in [2.45, 2.75) is 50.7 Å². The largest absolute Gasteiger partial charge is 0.380 e. The van der Waals surface area contributed by atoms with Crippen LogP contribution in [0.2, 0.25) is 0 Å². The van der Waals surface area contributed by atoms with E-state index in [1.54, 1.807) is 25.2 Å². The average molecular weight is 542 g/mol. The number of rotatable bonds is 14. The third kappa shape index (κ3) is 4.38. The van der Waals surface area contributed by atoms with Gasteiger partial charge < -0.3 is 19.7 Å². The van der Waals surface area contributed by atoms with Crippen LogP contribution in [-0.2, 0) is 19.1 Å². The van der Waals surface area contributed by atoms with Gasteiger partial charge in [-0.15, -0.1) is 36.4 Å². The zero-order valence-corrected chi connectivity index (χ0v) is 22.7. The highest BCUT2D eigenvalue weighted by Gasteiger charge is 2.77. The van der Waals surface area contributed by atoms with Gasteiger partial charge in [-0.1, -0.05) is 36.8 Å². The van der Waals surface area contributed by atoms with Crippen molar-refractivity contribution in [3.8, 4) is 0 Å². The van der Waals surface area contributed by atoms with Gasteiger partial charge >= 0.3 is 0 Å². The van der Waals surface area contributed by atoms with Gasteiger partial charge in [0, 0.05) is 36.0 Å². The number of carbonyl (C=O) groups is 2. The van der Waals surface area contributed by atoms with Crippen LogP contribution in [0.4, 0.5) is 0 Å². The molecule has 4 aliphatic carbocycles. The molecule has 0 spiro atoms. The second-order valence-electron chi connectivity index (χ2n) is 10.5. The van der Waals surface area contributed by atoms with Gasteiger partial charge in [0.2, 0.25) is 0 Å². The Morgan fingerprint density at radius 1 is 1.00 bits per heavy atom. The Kier molecular flexibility index (Phi) is 9.13. The van der Waals surface area contributed by atoms with Crippen LogP contribution in [0.15, 0.2) is 48.6 Å². The molecular weight excluding hydrogens is 503 g/mol. The fraction of sp³-hybridized carbons (Fsp3) is 0.643. The fourth-order valence-corrected chi connectivity index (χ4v) is 7.16. The van der Waals surface area contributed by atoms with E-state index in [4.69, 9.17) is 32.7 Å². The molecule has 0 aromatic rings. The zero-order chi connectivity index (χ0) is 26.8. The minimum absolute atomic E-state index is 0.0188. The molecule has 1 fully saturated rings. The number of alkyl halides is 2. The predicted octanol–water partition coefficient (Wildman–Crippen LogP) is 4.17. The van der Waals surface area contributed by atoms with E-state index in [2.05, 4.69) is 13.2 Å². The van der Waals surface area contributed by atoms with Crippen LogP contribution >= 0.6 is 23.2 Å². The smallest absolute Gasteiger partial charge is 0.193 e. The molecule has 36 heavy (non-hydrogen) atoms. The van der Waals surface area contributed by atoms with Crippen molar-refractivity contribution in [3.05, 3.63) is 48.6 Å². The van der Waals surface area contributed by atoms with Gasteiger partial charge in [-0.2, -0.15) is 0 Å². The molecule has 2 N–H and O–H groups in total. The SMILES string of the molecule is C=CCCCOCC1=CC2(C)C(C3C(C)=CC2(COCCCC=C)C(=O)C3(O)CCl)C(O)(CCl)C1=O. The highest BCUT2D eigenvalue weighted by atomic mass is 35.5. The molecule has 1 saturated carbocycles. The van der Waals surface area contributed by atoms with Crippen molar-refractivity contribution in [1.29, 1.82) is 0 Å². The van der Waals surface area contributed by atoms with Crippen LogP contribution in [-0.4, -0.2) is 71.2 Å². The van der Waals surface area contributed by atoms with E-state index in [1.807, 2.05) is 13.0 Å². The van der Waals surface area contributed by atoms with Gasteiger partial charge in [0.15, 0.2) is 11.6 Å². The van der Waals surface area contributed by atoms with Gasteiger partial charge in [-0.05, 0) is 32.6 Å². The van der Waals surface area contributed by atoms with Gasteiger partial charge in [0.25, 0.3) is 0 Å². The molecule has 0 aliphatic heterocycles. The third-order valence-corrected chi connectivity index (χ3v) is 9.10. The Morgan fingerprint density at radius 2 is 1.58 bits per heavy atom. The summed E-state index contributed by atoms with van der Waals surface area (Å²) < 4.78 is 11.8. The number of unbranched alkanes of at least 4 members (excludes halogenated alkanes) is 2. The summed E-state index contributed by atoms with van der Waals surface area (Å²) in [5, 5.41) is 23.6. The van der Waals surface area contributed by atoms with E-state index >= 15 is 0 Å². The van der Waals surface area contributed by atoms with Crippen molar-refractivity contribution < 1.29 is 29.3 Å². The molecule has 8 heteroatoms. The number of Topliss-reactive ketones (excluding diaryl/α,β-unsaturated/α-hetero) is 2. The number of halogens is 2. The molecule has 0 radical (unpaired) electrons. The molecule has 4 aliphatic rings. The molecule has 200 valence electrons. The number of allylic oxidation sites excluding steroid dienone is 3. The minimum atomic E-state index is -2.03. The van der Waals surface area contributed by atoms with Crippen molar-refractivity contribution in [1.82, 2.24) is 0 Å². The van der Waals surface area contributed by atoms with Gasteiger partial charge in [0.1, 0.15) is 11.2 Å². The van der Waals surface area contributed by atoms with Crippen molar-refractivity contribution in [3.63, 3.8) is 0 Å². The first kappa shape index (κ1) is 29.3. The second-order valence-corrected chi connectivity index (χ2v) is 11.0. The topological polar surface area (TPSA) is 93.1 Å². The molecule has 0 aromatic carbocycles. The molecule has 6 nitrogen and oxygen atoms in total. The highest BCUT2D eigenvalue weighted by molar-refractivity contribution is 6.23. The van der Waals surface area contributed by atoms with Crippen LogP contribution in [0.5, 0.6) is 0 Å². The Labute approximate surface area is 224 Å². The van der Waals surface area contributed by atoms with E-state index in [0.717, 1.165) is 25.7 Å². The molecule has 0 heterocycles. The van der Waals surface area contributed by atoms with Crippen molar-refractivity contribution in [2.24, 2.45) is 22.7 Å². The van der Waals surface area contributed by atoms with E-state index in [1.165, 1.54) is 0 Å². The maximum Gasteiger partial charge on any atom is 0.193 e. The Hall–Kier alpha value is -1.28. The van der Waals surface area contributed by atoms with Gasteiger partial charge in [-0.3, -0.25) is 9.59 Å². The molecule has 2 bridgehead atoms. The zero-order valence-electron chi connectivity index (χ0n) is 21.2. The van der Waals surface area contributed by atoms with E-state index in [9.17, 15) is 19.8 Å². The van der Waals surface area contributed by atoms with Gasteiger partial charge in [-0.25, -0.2) is 0 Å². The first-order chi connectivity index (χ1) is 17.0. The van der Waals surface area contributed by atoms with Crippen LogP contribution in [0, 0.1) is 22.7 Å². The first-order valence-electron chi connectivity index (χ1n) is 12.5. The molecule has 0 amide bonds. The van der Waals surface area contributed by atoms with E-state index in [-0.39, 0.29) is 24.7 Å². The number of ketones is 2. The van der Waals surface area contributed by atoms with E-state index in [0.29, 0.717) is 18.8 Å². The molecule has 6 unspecified atom stereocenters. The highest BCUT2D eigenvalue weighted by Crippen LogP contribution is 2.68. The van der Waals surface area contributed by atoms with Crippen molar-refractivity contribution >= 4 is 34.8 Å². The van der Waals surface area contributed by atoms with Gasteiger partial charge in [0.05, 0.1) is 30.4 Å². The lowest BCUT2D eigenvalue weighted by atomic mass is 9.36. The Balaban J connectivity index is 2.13. The Morgan fingerprint density at radius 3 is 2.14 bits per heavy atom. The summed E-state index contributed by atoms with van der Waals surface area (Å²) in [7, 11) is 0. The second kappa shape index (κ2) is 11.2. The number of hydrogen-bond acceptors (Lipinski definition) is 6. The number of fused-ring (bicyclic) bond motifs is 1. The molecular formula is C28H38Cl2O6. The summed E-state index contributed by atoms with van der Waals surface area (Å²) in [5.41, 5.74) is -5.49. The van der Waals surface area contributed by atoms with Crippen molar-refractivity contribution in [2.75, 3.05) is 38.2 Å². The molecule has 0 saturated heterocycles. The minimum Gasteiger partial charge on any atom is -0.380 e. The lowest BCUT2D eigenvalue weighted by molar-refractivity contribution is -0.211. The summed E-state index contributed by atoms with van der Waals surface area (Å²) in [5.74, 6) is -3.54. The normalized spacial score (nSPS) is 37.4. The maximum absolute atomic E-state index is 14.1. The third-order valence-electron chi connectivity index (χ3n) is 8.28. The van der Waals surface area contributed by atoms with Crippen LogP contribution in [0.25, 0.3) is 0 Å². The Bertz CT molecular complexity index is 960. The average Bonchev–Trinajstić information content (AvgIpc) is 2.86. The number of aliphatic hydroxyl groups is 2. The summed E-state index contributed by atoms with van der Waals surface area (Å²) in [4.78, 5) is 27.7. The molecule has 6 atom stereocenters. The number of ether oxygens (including phenoxy) is 2. The standard InChI is InChI=1S/C28H38Cl2O6/c1-5-7-9-11-35-15-20-14-25(4)22(28(34,17-30)23(20)31)21-19(3)13-26(25,18-36-12-10-8-6-2)24(32)27(21,33)16-29/h5-6,13-14,21-22,33-34H,1-2,7-12,15-18H2,3-4H3. The molecule has 0 aromatic heterocycles. The van der Waals surface area contributed by atoms with E-state index < -0.39 is 51.3 Å². The number of hydrogen-bond donors (Lipinski definition) is 2. The maximum atomic E-state index is 14.1. The van der Waals surface area contributed by atoms with Crippen LogP contribution in [0.3, 0.4) is 0 Å². The monoisotopic (exact) mass is 540 g/mol. The summed E-state index contributed by atoms with van der Waals surface area (Å²) in [6, 6.07) is 0. The van der Waals surface area contributed by atoms with Crippen LogP contribution in [0.1, 0.15) is 39.5 Å². The lowest BCUT2D eigenvalue weighted by Gasteiger charge is -2.67. The quantitative estimate of drug-likeness (QED) is 0.195. The predicted molar refractivity (Wildman–Crippen MR) is 141 cm³/mol. The summed E-state index contributed by atoms with van der Waals surface area (Å²) >= 11 is 12.6. The lowest BCUT2D eigenvalue weighted by Crippen LogP contribution is -2.78. The molecule has 4 rings (SSSR count). The summed E-state index contributed by atoms with van der Waals surface area (Å²) in [6.45, 7) is 11.8. The first-order valence-corrected chi connectivity index (χ1v) is 13.6.